The number of hydrogen-bond donors (Lipinski definition) is 3. The van der Waals surface area contributed by atoms with Crippen LogP contribution in [0.3, 0.4) is 0 Å². The van der Waals surface area contributed by atoms with Gasteiger partial charge in [-0.1, -0.05) is 41.4 Å². The number of hydrazine groups is 1. The molecule has 0 saturated heterocycles. The first-order chi connectivity index (χ1) is 9.45. The molecule has 2 aromatic rings. The zero-order valence-corrected chi connectivity index (χ0v) is 12.4. The van der Waals surface area contributed by atoms with Gasteiger partial charge in [0.1, 0.15) is 4.90 Å². The number of nitrogens with two attached hydrogens (primary N) is 1. The third-order valence-electron chi connectivity index (χ3n) is 2.53. The maximum Gasteiger partial charge on any atom is 0.264 e. The second-order valence-corrected chi connectivity index (χ2v) is 6.31. The Kier molecular flexibility index (Phi) is 4.39. The molecule has 0 unspecified atom stereocenters. The summed E-state index contributed by atoms with van der Waals surface area (Å²) in [6.07, 6.45) is 0. The quantitative estimate of drug-likeness (QED) is 0.593. The van der Waals surface area contributed by atoms with Crippen molar-refractivity contribution in [3.05, 3.63) is 52.5 Å². The Hall–Kier alpha value is -1.47. The van der Waals surface area contributed by atoms with Crippen molar-refractivity contribution in [1.29, 1.82) is 0 Å². The monoisotopic (exact) mass is 331 g/mol. The van der Waals surface area contributed by atoms with Gasteiger partial charge in [0.05, 0.1) is 21.4 Å². The summed E-state index contributed by atoms with van der Waals surface area (Å²) in [6.45, 7) is 0. The van der Waals surface area contributed by atoms with Gasteiger partial charge < -0.3 is 5.43 Å². The van der Waals surface area contributed by atoms with Crippen LogP contribution in [0.15, 0.2) is 47.4 Å². The van der Waals surface area contributed by atoms with Crippen LogP contribution in [0.5, 0.6) is 0 Å². The average Bonchev–Trinajstić information content (AvgIpc) is 2.43. The predicted octanol–water partition coefficient (Wildman–Crippen LogP) is 3.08. The number of halogens is 2. The van der Waals surface area contributed by atoms with Crippen molar-refractivity contribution in [3.8, 4) is 0 Å². The molecule has 0 aromatic heterocycles. The minimum Gasteiger partial charge on any atom is -0.323 e. The second-order valence-electron chi connectivity index (χ2n) is 3.84. The summed E-state index contributed by atoms with van der Waals surface area (Å²) in [6, 6.07) is 10.9. The van der Waals surface area contributed by atoms with E-state index in [1.54, 1.807) is 36.4 Å². The molecule has 0 spiro atoms. The van der Waals surface area contributed by atoms with Crippen molar-refractivity contribution in [2.75, 3.05) is 10.1 Å². The van der Waals surface area contributed by atoms with Crippen LogP contribution in [0.1, 0.15) is 0 Å². The number of nitrogen functional groups attached to an aromatic ring is 1. The molecule has 0 atom stereocenters. The van der Waals surface area contributed by atoms with Crippen LogP contribution in [-0.4, -0.2) is 8.42 Å². The number of rotatable bonds is 4. The number of benzene rings is 2. The highest BCUT2D eigenvalue weighted by Crippen LogP contribution is 2.32. The molecule has 0 aliphatic heterocycles. The number of sulfonamides is 1. The van der Waals surface area contributed by atoms with E-state index in [-0.39, 0.29) is 26.3 Å². The van der Waals surface area contributed by atoms with Crippen molar-refractivity contribution < 1.29 is 8.42 Å². The SMILES string of the molecule is NNc1ccccc1S(=O)(=O)Nc1c(Cl)cccc1Cl. The Bertz CT molecular complexity index is 715. The van der Waals surface area contributed by atoms with Gasteiger partial charge in [-0.05, 0) is 24.3 Å². The van der Waals surface area contributed by atoms with Gasteiger partial charge in [-0.15, -0.1) is 0 Å². The minimum atomic E-state index is -3.86. The lowest BCUT2D eigenvalue weighted by Gasteiger charge is -2.13. The molecule has 0 heterocycles. The molecule has 8 heteroatoms. The molecular weight excluding hydrogens is 321 g/mol. The third kappa shape index (κ3) is 2.99. The van der Waals surface area contributed by atoms with Crippen LogP contribution >= 0.6 is 23.2 Å². The summed E-state index contributed by atoms with van der Waals surface area (Å²) in [7, 11) is -3.86. The lowest BCUT2D eigenvalue weighted by atomic mass is 10.3. The summed E-state index contributed by atoms with van der Waals surface area (Å²) < 4.78 is 27.1. The van der Waals surface area contributed by atoms with Gasteiger partial charge in [0.25, 0.3) is 10.0 Å². The van der Waals surface area contributed by atoms with Crippen LogP contribution in [0.2, 0.25) is 10.0 Å². The van der Waals surface area contributed by atoms with Gasteiger partial charge in [0, 0.05) is 0 Å². The molecule has 106 valence electrons. The topological polar surface area (TPSA) is 84.2 Å². The van der Waals surface area contributed by atoms with E-state index in [1.165, 1.54) is 6.07 Å². The largest absolute Gasteiger partial charge is 0.323 e. The van der Waals surface area contributed by atoms with E-state index < -0.39 is 10.0 Å². The fraction of sp³-hybridized carbons (Fsp3) is 0. The van der Waals surface area contributed by atoms with Crippen molar-refractivity contribution >= 4 is 44.6 Å². The van der Waals surface area contributed by atoms with Crippen LogP contribution < -0.4 is 16.0 Å². The summed E-state index contributed by atoms with van der Waals surface area (Å²) in [5.74, 6) is 5.31. The maximum atomic E-state index is 12.4. The first-order valence-corrected chi connectivity index (χ1v) is 7.72. The van der Waals surface area contributed by atoms with E-state index in [9.17, 15) is 8.42 Å². The highest BCUT2D eigenvalue weighted by atomic mass is 35.5. The highest BCUT2D eigenvalue weighted by Gasteiger charge is 2.20. The molecule has 0 saturated carbocycles. The smallest absolute Gasteiger partial charge is 0.264 e. The van der Waals surface area contributed by atoms with E-state index in [0.29, 0.717) is 0 Å². The molecule has 0 radical (unpaired) electrons. The lowest BCUT2D eigenvalue weighted by molar-refractivity contribution is 0.601. The van der Waals surface area contributed by atoms with Gasteiger partial charge in [0.15, 0.2) is 0 Å². The van der Waals surface area contributed by atoms with Crippen molar-refractivity contribution in [1.82, 2.24) is 0 Å². The first-order valence-electron chi connectivity index (χ1n) is 5.48. The van der Waals surface area contributed by atoms with Crippen LogP contribution in [0, 0.1) is 0 Å². The van der Waals surface area contributed by atoms with Gasteiger partial charge in [0.2, 0.25) is 0 Å². The highest BCUT2D eigenvalue weighted by molar-refractivity contribution is 7.93. The number of anilines is 2. The molecule has 0 fully saturated rings. The second kappa shape index (κ2) is 5.88. The van der Waals surface area contributed by atoms with E-state index in [1.807, 2.05) is 0 Å². The van der Waals surface area contributed by atoms with E-state index in [4.69, 9.17) is 29.0 Å². The first kappa shape index (κ1) is 14.9. The van der Waals surface area contributed by atoms with Gasteiger partial charge in [-0.3, -0.25) is 10.6 Å². The average molecular weight is 332 g/mol. The molecule has 0 aliphatic rings. The van der Waals surface area contributed by atoms with Gasteiger partial charge >= 0.3 is 0 Å². The van der Waals surface area contributed by atoms with Crippen LogP contribution in [0.25, 0.3) is 0 Å². The molecule has 0 aliphatic carbocycles. The molecule has 4 N–H and O–H groups in total. The number of para-hydroxylation sites is 2. The Morgan fingerprint density at radius 3 is 2.15 bits per heavy atom. The summed E-state index contributed by atoms with van der Waals surface area (Å²) in [5, 5.41) is 0.415. The standard InChI is InChI=1S/C12H11Cl2N3O2S/c13-8-4-3-5-9(14)12(8)17-20(18,19)11-7-2-1-6-10(11)16-15/h1-7,16-17H,15H2. The summed E-state index contributed by atoms with van der Waals surface area (Å²) in [4.78, 5) is -0.00140. The van der Waals surface area contributed by atoms with Crippen molar-refractivity contribution in [2.24, 2.45) is 5.84 Å². The third-order valence-corrected chi connectivity index (χ3v) is 4.57. The van der Waals surface area contributed by atoms with E-state index in [0.717, 1.165) is 0 Å². The minimum absolute atomic E-state index is 0.00140. The predicted molar refractivity (Wildman–Crippen MR) is 81.5 cm³/mol. The molecule has 0 amide bonds. The molecule has 2 rings (SSSR count). The van der Waals surface area contributed by atoms with Crippen LogP contribution in [0.4, 0.5) is 11.4 Å². The molecule has 0 bridgehead atoms. The van der Waals surface area contributed by atoms with E-state index >= 15 is 0 Å². The Labute approximate surface area is 126 Å². The Morgan fingerprint density at radius 2 is 1.55 bits per heavy atom. The zero-order chi connectivity index (χ0) is 14.8. The van der Waals surface area contributed by atoms with E-state index in [2.05, 4.69) is 10.1 Å². The van der Waals surface area contributed by atoms with Gasteiger partial charge in [-0.25, -0.2) is 8.42 Å². The number of nitrogens with one attached hydrogen (secondary N) is 2. The molecule has 5 nitrogen and oxygen atoms in total. The number of hydrogen-bond acceptors (Lipinski definition) is 4. The lowest BCUT2D eigenvalue weighted by Crippen LogP contribution is -2.17. The molecular formula is C12H11Cl2N3O2S. The Morgan fingerprint density at radius 1 is 0.950 bits per heavy atom. The fourth-order valence-corrected chi connectivity index (χ4v) is 3.48. The molecule has 20 heavy (non-hydrogen) atoms. The summed E-state index contributed by atoms with van der Waals surface area (Å²) in [5.41, 5.74) is 2.73. The van der Waals surface area contributed by atoms with Crippen LogP contribution in [-0.2, 0) is 10.0 Å². The van der Waals surface area contributed by atoms with Crippen molar-refractivity contribution in [2.45, 2.75) is 4.90 Å². The maximum absolute atomic E-state index is 12.4. The van der Waals surface area contributed by atoms with Gasteiger partial charge in [-0.2, -0.15) is 0 Å². The molecule has 2 aromatic carbocycles. The Balaban J connectivity index is 2.47. The zero-order valence-electron chi connectivity index (χ0n) is 10.1. The fourth-order valence-electron chi connectivity index (χ4n) is 1.60. The summed E-state index contributed by atoms with van der Waals surface area (Å²) >= 11 is 11.9. The van der Waals surface area contributed by atoms with Crippen molar-refractivity contribution in [3.63, 3.8) is 0 Å². The normalized spacial score (nSPS) is 11.2.